The number of nitrogens with one attached hydrogen (secondary N) is 1. The predicted molar refractivity (Wildman–Crippen MR) is 86.3 cm³/mol. The quantitative estimate of drug-likeness (QED) is 0.791. The molecule has 0 aliphatic carbocycles. The third-order valence-electron chi connectivity index (χ3n) is 3.37. The van der Waals surface area contributed by atoms with E-state index in [0.29, 0.717) is 5.82 Å². The largest absolute Gasteiger partial charge is 0.373 e. The fourth-order valence-corrected chi connectivity index (χ4v) is 2.31. The summed E-state index contributed by atoms with van der Waals surface area (Å²) in [5, 5.41) is 4.22. The number of aryl methyl sites for hydroxylation is 1. The van der Waals surface area contributed by atoms with E-state index in [9.17, 15) is 0 Å². The minimum Gasteiger partial charge on any atom is -0.373 e. The van der Waals surface area contributed by atoms with Crippen LogP contribution in [-0.2, 0) is 6.42 Å². The summed E-state index contributed by atoms with van der Waals surface area (Å²) in [6.45, 7) is 2.15. The van der Waals surface area contributed by atoms with Gasteiger partial charge in [0, 0.05) is 24.2 Å². The van der Waals surface area contributed by atoms with Crippen molar-refractivity contribution in [1.82, 2.24) is 15.0 Å². The molecule has 2 heterocycles. The summed E-state index contributed by atoms with van der Waals surface area (Å²) in [6, 6.07) is 14.1. The van der Waals surface area contributed by atoms with Crippen LogP contribution < -0.4 is 5.32 Å². The minimum absolute atomic E-state index is 0.677. The number of anilines is 1. The molecule has 0 atom stereocenters. The Balaban J connectivity index is 2.10. The molecule has 3 rings (SSSR count). The van der Waals surface area contributed by atoms with E-state index in [-0.39, 0.29) is 0 Å². The standard InChI is InChI=1S/C17H18N4/c1-3-6-13-11-16(18-2)21-17(19-13)15-10-9-12-7-4-5-8-14(12)20-15/h4-5,7-11H,3,6H2,1-2H3,(H,18,19,21). The highest BCUT2D eigenvalue weighted by molar-refractivity contribution is 5.80. The Hall–Kier alpha value is -2.49. The van der Waals surface area contributed by atoms with Crippen molar-refractivity contribution >= 4 is 16.7 Å². The van der Waals surface area contributed by atoms with Gasteiger partial charge in [0.2, 0.25) is 0 Å². The van der Waals surface area contributed by atoms with Gasteiger partial charge in [0.1, 0.15) is 11.5 Å². The van der Waals surface area contributed by atoms with Crippen molar-refractivity contribution in [2.24, 2.45) is 0 Å². The number of hydrogen-bond donors (Lipinski definition) is 1. The molecule has 4 nitrogen and oxygen atoms in total. The van der Waals surface area contributed by atoms with Crippen LogP contribution in [0.4, 0.5) is 5.82 Å². The second kappa shape index (κ2) is 5.87. The number of benzene rings is 1. The highest BCUT2D eigenvalue weighted by Gasteiger charge is 2.08. The summed E-state index contributed by atoms with van der Waals surface area (Å²) in [6.07, 6.45) is 2.00. The van der Waals surface area contributed by atoms with E-state index < -0.39 is 0 Å². The first-order valence-corrected chi connectivity index (χ1v) is 7.22. The number of rotatable bonds is 4. The molecule has 0 saturated carbocycles. The fourth-order valence-electron chi connectivity index (χ4n) is 2.31. The number of hydrogen-bond acceptors (Lipinski definition) is 4. The first kappa shape index (κ1) is 13.5. The molecule has 0 aliphatic heterocycles. The molecule has 0 fully saturated rings. The molecule has 4 heteroatoms. The Kier molecular flexibility index (Phi) is 3.77. The van der Waals surface area contributed by atoms with Crippen molar-refractivity contribution in [1.29, 1.82) is 0 Å². The van der Waals surface area contributed by atoms with Gasteiger partial charge in [-0.2, -0.15) is 0 Å². The van der Waals surface area contributed by atoms with Gasteiger partial charge in [0.05, 0.1) is 5.52 Å². The molecule has 1 aromatic carbocycles. The molecule has 0 bridgehead atoms. The van der Waals surface area contributed by atoms with E-state index in [2.05, 4.69) is 39.3 Å². The lowest BCUT2D eigenvalue weighted by atomic mass is 10.2. The van der Waals surface area contributed by atoms with Crippen LogP contribution >= 0.6 is 0 Å². The maximum absolute atomic E-state index is 4.67. The van der Waals surface area contributed by atoms with Gasteiger partial charge in [0.25, 0.3) is 0 Å². The smallest absolute Gasteiger partial charge is 0.180 e. The maximum Gasteiger partial charge on any atom is 0.180 e. The van der Waals surface area contributed by atoms with Crippen LogP contribution in [0.25, 0.3) is 22.4 Å². The second-order valence-corrected chi connectivity index (χ2v) is 4.96. The molecule has 2 aromatic heterocycles. The maximum atomic E-state index is 4.67. The molecular formula is C17H18N4. The Morgan fingerprint density at radius 2 is 1.86 bits per heavy atom. The first-order chi connectivity index (χ1) is 10.3. The summed E-state index contributed by atoms with van der Waals surface area (Å²) in [4.78, 5) is 13.8. The summed E-state index contributed by atoms with van der Waals surface area (Å²) in [5.41, 5.74) is 2.82. The van der Waals surface area contributed by atoms with Crippen LogP contribution in [0.3, 0.4) is 0 Å². The lowest BCUT2D eigenvalue weighted by Crippen LogP contribution is -2.01. The Bertz CT molecular complexity index is 768. The average Bonchev–Trinajstić information content (AvgIpc) is 2.54. The zero-order chi connectivity index (χ0) is 14.7. The van der Waals surface area contributed by atoms with Crippen molar-refractivity contribution < 1.29 is 0 Å². The SMILES string of the molecule is CCCc1cc(NC)nc(-c2ccc3ccccc3n2)n1. The van der Waals surface area contributed by atoms with Crippen LogP contribution in [0.5, 0.6) is 0 Å². The Morgan fingerprint density at radius 1 is 1.00 bits per heavy atom. The van der Waals surface area contributed by atoms with Crippen molar-refractivity contribution in [3.05, 3.63) is 48.2 Å². The topological polar surface area (TPSA) is 50.7 Å². The molecule has 3 aromatic rings. The molecule has 0 spiro atoms. The number of fused-ring (bicyclic) bond motifs is 1. The Morgan fingerprint density at radius 3 is 2.67 bits per heavy atom. The van der Waals surface area contributed by atoms with Crippen LogP contribution in [0.1, 0.15) is 19.0 Å². The molecule has 106 valence electrons. The highest BCUT2D eigenvalue weighted by Crippen LogP contribution is 2.20. The highest BCUT2D eigenvalue weighted by atomic mass is 15.0. The summed E-state index contributed by atoms with van der Waals surface area (Å²) in [7, 11) is 1.87. The van der Waals surface area contributed by atoms with E-state index >= 15 is 0 Å². The van der Waals surface area contributed by atoms with E-state index in [1.165, 1.54) is 0 Å². The van der Waals surface area contributed by atoms with Crippen molar-refractivity contribution in [3.8, 4) is 11.5 Å². The van der Waals surface area contributed by atoms with Crippen LogP contribution in [-0.4, -0.2) is 22.0 Å². The second-order valence-electron chi connectivity index (χ2n) is 4.96. The number of pyridine rings is 1. The van der Waals surface area contributed by atoms with E-state index in [0.717, 1.165) is 41.0 Å². The molecular weight excluding hydrogens is 260 g/mol. The van der Waals surface area contributed by atoms with Gasteiger partial charge >= 0.3 is 0 Å². The van der Waals surface area contributed by atoms with Crippen LogP contribution in [0.15, 0.2) is 42.5 Å². The van der Waals surface area contributed by atoms with Gasteiger partial charge in [-0.25, -0.2) is 15.0 Å². The third-order valence-corrected chi connectivity index (χ3v) is 3.37. The average molecular weight is 278 g/mol. The lowest BCUT2D eigenvalue weighted by Gasteiger charge is -2.07. The van der Waals surface area contributed by atoms with Gasteiger partial charge in [-0.3, -0.25) is 0 Å². The number of nitrogens with zero attached hydrogens (tertiary/aromatic N) is 3. The third kappa shape index (κ3) is 2.84. The van der Waals surface area contributed by atoms with E-state index in [1.807, 2.05) is 37.4 Å². The van der Waals surface area contributed by atoms with Gasteiger partial charge in [-0.05, 0) is 18.6 Å². The zero-order valence-electron chi connectivity index (χ0n) is 12.3. The van der Waals surface area contributed by atoms with E-state index in [1.54, 1.807) is 0 Å². The summed E-state index contributed by atoms with van der Waals surface area (Å²) < 4.78 is 0. The van der Waals surface area contributed by atoms with Gasteiger partial charge in [0.15, 0.2) is 5.82 Å². The first-order valence-electron chi connectivity index (χ1n) is 7.22. The number of para-hydroxylation sites is 1. The lowest BCUT2D eigenvalue weighted by molar-refractivity contribution is 0.875. The summed E-state index contributed by atoms with van der Waals surface area (Å²) in [5.74, 6) is 1.51. The van der Waals surface area contributed by atoms with Crippen molar-refractivity contribution in [2.45, 2.75) is 19.8 Å². The van der Waals surface area contributed by atoms with Crippen molar-refractivity contribution in [2.75, 3.05) is 12.4 Å². The predicted octanol–water partition coefficient (Wildman–Crippen LogP) is 3.69. The Labute approximate surface area is 124 Å². The number of aromatic nitrogens is 3. The van der Waals surface area contributed by atoms with Crippen molar-refractivity contribution in [3.63, 3.8) is 0 Å². The molecule has 1 N–H and O–H groups in total. The molecule has 0 saturated heterocycles. The monoisotopic (exact) mass is 278 g/mol. The van der Waals surface area contributed by atoms with Gasteiger partial charge < -0.3 is 5.32 Å². The fraction of sp³-hybridized carbons (Fsp3) is 0.235. The van der Waals surface area contributed by atoms with Gasteiger partial charge in [-0.1, -0.05) is 37.6 Å². The normalized spacial score (nSPS) is 10.8. The molecule has 0 aliphatic rings. The molecule has 21 heavy (non-hydrogen) atoms. The summed E-state index contributed by atoms with van der Waals surface area (Å²) >= 11 is 0. The van der Waals surface area contributed by atoms with Gasteiger partial charge in [-0.15, -0.1) is 0 Å². The van der Waals surface area contributed by atoms with Crippen LogP contribution in [0, 0.1) is 0 Å². The molecule has 0 unspecified atom stereocenters. The molecule has 0 amide bonds. The zero-order valence-corrected chi connectivity index (χ0v) is 12.3. The molecule has 0 radical (unpaired) electrons. The minimum atomic E-state index is 0.677. The van der Waals surface area contributed by atoms with E-state index in [4.69, 9.17) is 0 Å². The van der Waals surface area contributed by atoms with Crippen LogP contribution in [0.2, 0.25) is 0 Å².